The van der Waals surface area contributed by atoms with Crippen LogP contribution >= 0.6 is 0 Å². The molecule has 1 heterocycles. The number of aromatic nitrogens is 2. The SMILES string of the molecule is C/N=C\[C@H]1C[C@H](O)CC[C@@H]1n1cc(C(N)=O)c(Nc2ccc(OC(F)F)cc2)n1. The topological polar surface area (TPSA) is 115 Å². The molecule has 1 aliphatic rings. The van der Waals surface area contributed by atoms with Gasteiger partial charge in [-0.05, 0) is 43.5 Å². The summed E-state index contributed by atoms with van der Waals surface area (Å²) in [6.07, 6.45) is 4.83. The van der Waals surface area contributed by atoms with E-state index < -0.39 is 18.6 Å². The smallest absolute Gasteiger partial charge is 0.387 e. The molecule has 8 nitrogen and oxygen atoms in total. The van der Waals surface area contributed by atoms with Gasteiger partial charge in [-0.2, -0.15) is 13.9 Å². The Kier molecular flexibility index (Phi) is 6.42. The summed E-state index contributed by atoms with van der Waals surface area (Å²) in [4.78, 5) is 16.0. The molecule has 0 bridgehead atoms. The van der Waals surface area contributed by atoms with Crippen molar-refractivity contribution in [2.45, 2.75) is 38.0 Å². The first-order valence-electron chi connectivity index (χ1n) is 9.18. The predicted molar refractivity (Wildman–Crippen MR) is 104 cm³/mol. The Morgan fingerprint density at radius 2 is 2.14 bits per heavy atom. The third-order valence-electron chi connectivity index (χ3n) is 4.85. The largest absolute Gasteiger partial charge is 0.435 e. The number of nitrogens with two attached hydrogens (primary N) is 1. The third-order valence-corrected chi connectivity index (χ3v) is 4.85. The van der Waals surface area contributed by atoms with Crippen molar-refractivity contribution < 1.29 is 23.4 Å². The maximum Gasteiger partial charge on any atom is 0.387 e. The standard InChI is InChI=1S/C19H23F2N5O3/c1-23-9-11-8-13(27)4-7-16(11)26-10-15(17(22)28)18(25-26)24-12-2-5-14(6-3-12)29-19(20)21/h2-3,5-6,9-11,13,16,19,27H,4,7-8H2,1H3,(H2,22,28)(H,24,25)/b23-9-/t11-,13-,16+/m1/s1. The fraction of sp³-hybridized carbons (Fsp3) is 0.421. The van der Waals surface area contributed by atoms with E-state index in [4.69, 9.17) is 5.73 Å². The number of anilines is 2. The zero-order chi connectivity index (χ0) is 21.0. The number of nitrogens with one attached hydrogen (secondary N) is 1. The maximum atomic E-state index is 12.3. The Morgan fingerprint density at radius 3 is 2.76 bits per heavy atom. The van der Waals surface area contributed by atoms with Crippen molar-refractivity contribution in [1.82, 2.24) is 9.78 Å². The van der Waals surface area contributed by atoms with Gasteiger partial charge in [0.25, 0.3) is 5.91 Å². The summed E-state index contributed by atoms with van der Waals surface area (Å²) in [5, 5.41) is 17.4. The minimum absolute atomic E-state index is 0.0219. The Bertz CT molecular complexity index is 869. The number of rotatable bonds is 7. The summed E-state index contributed by atoms with van der Waals surface area (Å²) in [6.45, 7) is -2.90. The first-order valence-corrected chi connectivity index (χ1v) is 9.18. The molecule has 1 aromatic heterocycles. The molecular weight excluding hydrogens is 384 g/mol. The van der Waals surface area contributed by atoms with Gasteiger partial charge in [0.05, 0.1) is 12.1 Å². The van der Waals surface area contributed by atoms with Crippen LogP contribution in [0.3, 0.4) is 0 Å². The minimum atomic E-state index is -2.90. The van der Waals surface area contributed by atoms with E-state index in [2.05, 4.69) is 20.1 Å². The number of ether oxygens (including phenoxy) is 1. The molecule has 1 aliphatic carbocycles. The van der Waals surface area contributed by atoms with Gasteiger partial charge in [-0.15, -0.1) is 0 Å². The van der Waals surface area contributed by atoms with E-state index in [9.17, 15) is 18.7 Å². The fourth-order valence-electron chi connectivity index (χ4n) is 3.54. The number of carbonyl (C=O) groups is 1. The van der Waals surface area contributed by atoms with Gasteiger partial charge in [0.1, 0.15) is 11.3 Å². The zero-order valence-corrected chi connectivity index (χ0v) is 15.8. The fourth-order valence-corrected chi connectivity index (χ4v) is 3.54. The number of hydrogen-bond acceptors (Lipinski definition) is 6. The second kappa shape index (κ2) is 8.99. The molecule has 0 unspecified atom stereocenters. The Morgan fingerprint density at radius 1 is 1.41 bits per heavy atom. The number of aliphatic hydroxyl groups is 1. The van der Waals surface area contributed by atoms with Crippen molar-refractivity contribution in [1.29, 1.82) is 0 Å². The lowest BCUT2D eigenvalue weighted by Gasteiger charge is -2.32. The highest BCUT2D eigenvalue weighted by atomic mass is 19.3. The van der Waals surface area contributed by atoms with Gasteiger partial charge in [0.2, 0.25) is 0 Å². The number of primary amides is 1. The van der Waals surface area contributed by atoms with E-state index in [0.717, 1.165) is 0 Å². The molecule has 1 aromatic carbocycles. The molecule has 1 fully saturated rings. The van der Waals surface area contributed by atoms with Gasteiger partial charge in [-0.3, -0.25) is 9.48 Å². The number of aliphatic imine (C=N–C) groups is 1. The van der Waals surface area contributed by atoms with Crippen molar-refractivity contribution in [3.63, 3.8) is 0 Å². The number of hydrogen-bond donors (Lipinski definition) is 3. The number of carbonyl (C=O) groups excluding carboxylic acids is 1. The van der Waals surface area contributed by atoms with Crippen molar-refractivity contribution >= 4 is 23.6 Å². The highest BCUT2D eigenvalue weighted by Gasteiger charge is 2.31. The van der Waals surface area contributed by atoms with E-state index in [1.54, 1.807) is 24.1 Å². The predicted octanol–water partition coefficient (Wildman–Crippen LogP) is 2.73. The summed E-state index contributed by atoms with van der Waals surface area (Å²) in [5.41, 5.74) is 6.24. The van der Waals surface area contributed by atoms with E-state index in [-0.39, 0.29) is 29.1 Å². The molecule has 1 amide bonds. The Balaban J connectivity index is 1.84. The summed E-state index contributed by atoms with van der Waals surface area (Å²) in [6, 6.07) is 5.76. The first kappa shape index (κ1) is 20.7. The molecule has 0 aliphatic heterocycles. The lowest BCUT2D eigenvalue weighted by Crippen LogP contribution is -2.31. The normalized spacial score (nSPS) is 22.2. The van der Waals surface area contributed by atoms with Crippen LogP contribution in [0.15, 0.2) is 35.5 Å². The van der Waals surface area contributed by atoms with Crippen molar-refractivity contribution in [2.75, 3.05) is 12.4 Å². The molecule has 4 N–H and O–H groups in total. The molecule has 3 rings (SSSR count). The third kappa shape index (κ3) is 5.08. The molecule has 10 heteroatoms. The number of benzene rings is 1. The quantitative estimate of drug-likeness (QED) is 0.611. The van der Waals surface area contributed by atoms with Gasteiger partial charge >= 0.3 is 6.61 Å². The van der Waals surface area contributed by atoms with Gasteiger partial charge < -0.3 is 25.9 Å². The molecule has 3 atom stereocenters. The Hall–Kier alpha value is -3.01. The van der Waals surface area contributed by atoms with Gasteiger partial charge in [-0.25, -0.2) is 0 Å². The van der Waals surface area contributed by atoms with E-state index in [1.165, 1.54) is 24.3 Å². The average molecular weight is 407 g/mol. The molecular formula is C19H23F2N5O3. The van der Waals surface area contributed by atoms with Gasteiger partial charge in [0, 0.05) is 31.1 Å². The molecule has 2 aromatic rings. The van der Waals surface area contributed by atoms with E-state index in [0.29, 0.717) is 24.9 Å². The number of amides is 1. The molecule has 156 valence electrons. The highest BCUT2D eigenvalue weighted by Crippen LogP contribution is 2.34. The van der Waals surface area contributed by atoms with Crippen LogP contribution in [0.1, 0.15) is 35.7 Å². The van der Waals surface area contributed by atoms with Crippen LogP contribution in [0.25, 0.3) is 0 Å². The lowest BCUT2D eigenvalue weighted by molar-refractivity contribution is -0.0498. The van der Waals surface area contributed by atoms with E-state index in [1.807, 2.05) is 0 Å². The van der Waals surface area contributed by atoms with Crippen molar-refractivity contribution in [2.24, 2.45) is 16.6 Å². The Labute approximate surface area is 166 Å². The zero-order valence-electron chi connectivity index (χ0n) is 15.8. The van der Waals surface area contributed by atoms with Crippen molar-refractivity contribution in [3.05, 3.63) is 36.0 Å². The summed E-state index contributed by atoms with van der Waals surface area (Å²) < 4.78 is 30.5. The molecule has 1 saturated carbocycles. The van der Waals surface area contributed by atoms with Gasteiger partial charge in [0.15, 0.2) is 5.82 Å². The molecule has 0 spiro atoms. The first-order chi connectivity index (χ1) is 13.9. The van der Waals surface area contributed by atoms with Crippen LogP contribution in [0.2, 0.25) is 0 Å². The number of nitrogens with zero attached hydrogens (tertiary/aromatic N) is 3. The minimum Gasteiger partial charge on any atom is -0.435 e. The highest BCUT2D eigenvalue weighted by molar-refractivity contribution is 5.98. The second-order valence-electron chi connectivity index (χ2n) is 6.87. The lowest BCUT2D eigenvalue weighted by atomic mass is 9.83. The van der Waals surface area contributed by atoms with Gasteiger partial charge in [-0.1, -0.05) is 0 Å². The van der Waals surface area contributed by atoms with Crippen LogP contribution in [0, 0.1) is 5.92 Å². The second-order valence-corrected chi connectivity index (χ2v) is 6.87. The van der Waals surface area contributed by atoms with Crippen LogP contribution in [-0.4, -0.2) is 46.8 Å². The monoisotopic (exact) mass is 407 g/mol. The summed E-state index contributed by atoms with van der Waals surface area (Å²) in [7, 11) is 1.67. The van der Waals surface area contributed by atoms with E-state index >= 15 is 0 Å². The molecule has 29 heavy (non-hydrogen) atoms. The summed E-state index contributed by atoms with van der Waals surface area (Å²) >= 11 is 0. The summed E-state index contributed by atoms with van der Waals surface area (Å²) in [5.74, 6) is -0.386. The number of alkyl halides is 2. The van der Waals surface area contributed by atoms with Crippen LogP contribution < -0.4 is 15.8 Å². The van der Waals surface area contributed by atoms with Crippen LogP contribution in [0.4, 0.5) is 20.3 Å². The van der Waals surface area contributed by atoms with Crippen LogP contribution in [0.5, 0.6) is 5.75 Å². The number of halogens is 2. The maximum absolute atomic E-state index is 12.3. The van der Waals surface area contributed by atoms with Crippen molar-refractivity contribution in [3.8, 4) is 5.75 Å². The van der Waals surface area contributed by atoms with Crippen LogP contribution in [-0.2, 0) is 0 Å². The number of aliphatic hydroxyl groups excluding tert-OH is 1. The molecule has 0 radical (unpaired) electrons. The average Bonchev–Trinajstić information content (AvgIpc) is 3.07. The molecule has 0 saturated heterocycles.